The fourth-order valence-electron chi connectivity index (χ4n) is 2.31. The molecule has 0 aliphatic rings. The summed E-state index contributed by atoms with van der Waals surface area (Å²) in [5, 5.41) is 4.46. The Morgan fingerprint density at radius 1 is 1.38 bits per heavy atom. The summed E-state index contributed by atoms with van der Waals surface area (Å²) < 4.78 is 17.2. The third kappa shape index (κ3) is 3.71. The molecule has 0 saturated heterocycles. The summed E-state index contributed by atoms with van der Waals surface area (Å²) in [4.78, 5) is 0. The summed E-state index contributed by atoms with van der Waals surface area (Å²) in [7, 11) is 0. The molecule has 1 heterocycles. The van der Waals surface area contributed by atoms with Gasteiger partial charge in [0.1, 0.15) is 5.82 Å². The minimum atomic E-state index is -0.293. The largest absolute Gasteiger partial charge is 0.271 e. The molecular weight excluding hydrogens is 403 g/mol. The molecule has 2 aromatic rings. The zero-order chi connectivity index (χ0) is 15.6. The first-order valence-electron chi connectivity index (χ1n) is 6.60. The Bertz CT molecular complexity index is 622. The van der Waals surface area contributed by atoms with Gasteiger partial charge < -0.3 is 0 Å². The smallest absolute Gasteiger partial charge is 0.124 e. The number of nitrogens with two attached hydrogens (primary N) is 1. The lowest BCUT2D eigenvalue weighted by atomic mass is 10.0. The van der Waals surface area contributed by atoms with E-state index in [0.29, 0.717) is 10.9 Å². The maximum absolute atomic E-state index is 13.6. The molecule has 0 bridgehead atoms. The van der Waals surface area contributed by atoms with E-state index in [1.165, 1.54) is 12.1 Å². The summed E-state index contributed by atoms with van der Waals surface area (Å²) in [6, 6.07) is 4.58. The highest BCUT2D eigenvalue weighted by Crippen LogP contribution is 2.28. The van der Waals surface area contributed by atoms with Crippen molar-refractivity contribution in [3.63, 3.8) is 0 Å². The van der Waals surface area contributed by atoms with Crippen molar-refractivity contribution in [3.8, 4) is 0 Å². The molecule has 1 aromatic heterocycles. The number of benzene rings is 1. The van der Waals surface area contributed by atoms with E-state index in [2.05, 4.69) is 42.4 Å². The molecule has 0 aliphatic carbocycles. The standard InChI is InChI=1S/C14H17Br2FN4/c1-3-21-13(14(16)8(2)20-21)7-12(19-18)9-4-10(15)6-11(17)5-9/h4-6,12,19H,3,7,18H2,1-2H3. The van der Waals surface area contributed by atoms with Gasteiger partial charge in [-0.15, -0.1) is 0 Å². The molecule has 0 aliphatic heterocycles. The first-order chi connectivity index (χ1) is 9.96. The van der Waals surface area contributed by atoms with Crippen LogP contribution in [0, 0.1) is 12.7 Å². The van der Waals surface area contributed by atoms with Crippen molar-refractivity contribution >= 4 is 31.9 Å². The second-order valence-electron chi connectivity index (χ2n) is 4.79. The van der Waals surface area contributed by atoms with Gasteiger partial charge in [0.05, 0.1) is 21.9 Å². The topological polar surface area (TPSA) is 55.9 Å². The molecule has 1 aromatic carbocycles. The Balaban J connectivity index is 2.35. The number of hydrogen-bond donors (Lipinski definition) is 2. The lowest BCUT2D eigenvalue weighted by Gasteiger charge is -2.18. The van der Waals surface area contributed by atoms with Gasteiger partial charge in [0.25, 0.3) is 0 Å². The van der Waals surface area contributed by atoms with Crippen molar-refractivity contribution in [2.24, 2.45) is 5.84 Å². The Kier molecular flexibility index (Phi) is 5.54. The Morgan fingerprint density at radius 3 is 2.67 bits per heavy atom. The first-order valence-corrected chi connectivity index (χ1v) is 8.18. The van der Waals surface area contributed by atoms with Crippen LogP contribution in [-0.2, 0) is 13.0 Å². The van der Waals surface area contributed by atoms with Crippen molar-refractivity contribution in [1.82, 2.24) is 15.2 Å². The Labute approximate surface area is 140 Å². The molecule has 1 atom stereocenters. The SMILES string of the molecule is CCn1nc(C)c(Br)c1CC(NN)c1cc(F)cc(Br)c1. The Hall–Kier alpha value is -0.760. The number of nitrogens with one attached hydrogen (secondary N) is 1. The molecule has 0 radical (unpaired) electrons. The van der Waals surface area contributed by atoms with Crippen LogP contribution in [0.3, 0.4) is 0 Å². The molecular formula is C14H17Br2FN4. The highest BCUT2D eigenvalue weighted by Gasteiger charge is 2.19. The second-order valence-corrected chi connectivity index (χ2v) is 6.50. The van der Waals surface area contributed by atoms with Gasteiger partial charge in [0.2, 0.25) is 0 Å². The predicted molar refractivity (Wildman–Crippen MR) is 88.2 cm³/mol. The quantitative estimate of drug-likeness (QED) is 0.574. The van der Waals surface area contributed by atoms with Crippen LogP contribution in [0.1, 0.15) is 29.9 Å². The van der Waals surface area contributed by atoms with Crippen LogP contribution in [0.2, 0.25) is 0 Å². The van der Waals surface area contributed by atoms with Crippen LogP contribution in [0.15, 0.2) is 27.1 Å². The number of hydrogen-bond acceptors (Lipinski definition) is 3. The predicted octanol–water partition coefficient (Wildman–Crippen LogP) is 3.62. The van der Waals surface area contributed by atoms with Crippen LogP contribution < -0.4 is 11.3 Å². The van der Waals surface area contributed by atoms with Gasteiger partial charge >= 0.3 is 0 Å². The molecule has 1 unspecified atom stereocenters. The first kappa shape index (κ1) is 16.6. The maximum atomic E-state index is 13.6. The van der Waals surface area contributed by atoms with E-state index in [-0.39, 0.29) is 11.9 Å². The van der Waals surface area contributed by atoms with E-state index in [1.54, 1.807) is 0 Å². The lowest BCUT2D eigenvalue weighted by Crippen LogP contribution is -2.30. The minimum absolute atomic E-state index is 0.199. The van der Waals surface area contributed by atoms with Gasteiger partial charge in [-0.25, -0.2) is 4.39 Å². The zero-order valence-corrected chi connectivity index (χ0v) is 15.0. The van der Waals surface area contributed by atoms with Gasteiger partial charge in [0, 0.05) is 17.4 Å². The summed E-state index contributed by atoms with van der Waals surface area (Å²) in [6.45, 7) is 4.75. The fourth-order valence-corrected chi connectivity index (χ4v) is 3.24. The average Bonchev–Trinajstić information content (AvgIpc) is 2.70. The lowest BCUT2D eigenvalue weighted by molar-refractivity contribution is 0.512. The van der Waals surface area contributed by atoms with Crippen LogP contribution in [0.4, 0.5) is 4.39 Å². The molecule has 114 valence electrons. The van der Waals surface area contributed by atoms with E-state index >= 15 is 0 Å². The van der Waals surface area contributed by atoms with Crippen molar-refractivity contribution in [3.05, 3.63) is 49.9 Å². The molecule has 0 saturated carbocycles. The van der Waals surface area contributed by atoms with E-state index in [0.717, 1.165) is 28.0 Å². The molecule has 0 fully saturated rings. The second kappa shape index (κ2) is 7.00. The molecule has 0 amide bonds. The summed E-state index contributed by atoms with van der Waals surface area (Å²) in [5.74, 6) is 5.38. The van der Waals surface area contributed by atoms with Gasteiger partial charge in [-0.1, -0.05) is 15.9 Å². The molecule has 4 nitrogen and oxygen atoms in total. The third-order valence-electron chi connectivity index (χ3n) is 3.34. The van der Waals surface area contributed by atoms with Crippen molar-refractivity contribution in [2.45, 2.75) is 32.9 Å². The number of rotatable bonds is 5. The summed E-state index contributed by atoms with van der Waals surface area (Å²) in [6.07, 6.45) is 0.613. The summed E-state index contributed by atoms with van der Waals surface area (Å²) >= 11 is 6.87. The number of halogens is 3. The highest BCUT2D eigenvalue weighted by molar-refractivity contribution is 9.10. The number of hydrazine groups is 1. The van der Waals surface area contributed by atoms with Crippen LogP contribution in [0.5, 0.6) is 0 Å². The van der Waals surface area contributed by atoms with Crippen molar-refractivity contribution < 1.29 is 4.39 Å². The fraction of sp³-hybridized carbons (Fsp3) is 0.357. The van der Waals surface area contributed by atoms with Crippen LogP contribution in [0.25, 0.3) is 0 Å². The van der Waals surface area contributed by atoms with E-state index < -0.39 is 0 Å². The van der Waals surface area contributed by atoms with E-state index in [9.17, 15) is 4.39 Å². The number of aryl methyl sites for hydroxylation is 2. The van der Waals surface area contributed by atoms with Crippen LogP contribution in [-0.4, -0.2) is 9.78 Å². The van der Waals surface area contributed by atoms with Gasteiger partial charge in [-0.05, 0) is 53.5 Å². The minimum Gasteiger partial charge on any atom is -0.271 e. The third-order valence-corrected chi connectivity index (χ3v) is 4.83. The van der Waals surface area contributed by atoms with Gasteiger partial charge in [-0.3, -0.25) is 16.0 Å². The van der Waals surface area contributed by atoms with E-state index in [1.807, 2.05) is 24.6 Å². The van der Waals surface area contributed by atoms with Crippen LogP contribution >= 0.6 is 31.9 Å². The zero-order valence-electron chi connectivity index (χ0n) is 11.8. The normalized spacial score (nSPS) is 12.7. The monoisotopic (exact) mass is 418 g/mol. The molecule has 21 heavy (non-hydrogen) atoms. The summed E-state index contributed by atoms with van der Waals surface area (Å²) in [5.41, 5.74) is 5.52. The van der Waals surface area contributed by atoms with Gasteiger partial charge in [0.15, 0.2) is 0 Å². The average molecular weight is 420 g/mol. The maximum Gasteiger partial charge on any atom is 0.124 e. The van der Waals surface area contributed by atoms with Crippen molar-refractivity contribution in [2.75, 3.05) is 0 Å². The molecule has 0 spiro atoms. The number of nitrogens with zero attached hydrogens (tertiary/aromatic N) is 2. The Morgan fingerprint density at radius 2 is 2.10 bits per heavy atom. The molecule has 7 heteroatoms. The van der Waals surface area contributed by atoms with Gasteiger partial charge in [-0.2, -0.15) is 5.10 Å². The molecule has 3 N–H and O–H groups in total. The number of aromatic nitrogens is 2. The highest BCUT2D eigenvalue weighted by atomic mass is 79.9. The molecule has 2 rings (SSSR count). The van der Waals surface area contributed by atoms with Crippen molar-refractivity contribution in [1.29, 1.82) is 0 Å². The van der Waals surface area contributed by atoms with E-state index in [4.69, 9.17) is 5.84 Å².